The molecule has 1 unspecified atom stereocenters. The molecule has 0 saturated heterocycles. The van der Waals surface area contributed by atoms with Gasteiger partial charge in [-0.1, -0.05) is 49.2 Å². The molecule has 1 aliphatic rings. The number of aromatic amines is 1. The minimum Gasteiger partial charge on any atom is -0.337 e. The van der Waals surface area contributed by atoms with Crippen molar-refractivity contribution in [2.45, 2.75) is 55.0 Å². The highest BCUT2D eigenvalue weighted by Crippen LogP contribution is 2.28. The molecule has 0 aliphatic heterocycles. The van der Waals surface area contributed by atoms with E-state index in [0.29, 0.717) is 23.8 Å². The van der Waals surface area contributed by atoms with E-state index in [-0.39, 0.29) is 11.7 Å². The second-order valence-corrected chi connectivity index (χ2v) is 8.20. The third kappa shape index (κ3) is 5.20. The molecular formula is C20H22FN5OS. The number of nitriles is 1. The van der Waals surface area contributed by atoms with Gasteiger partial charge in [0.2, 0.25) is 11.1 Å². The van der Waals surface area contributed by atoms with E-state index in [2.05, 4.69) is 26.6 Å². The summed E-state index contributed by atoms with van der Waals surface area (Å²) in [7, 11) is 0. The van der Waals surface area contributed by atoms with Gasteiger partial charge in [0.1, 0.15) is 17.2 Å². The number of amides is 1. The molecule has 1 aromatic heterocycles. The fourth-order valence-corrected chi connectivity index (χ4v) is 3.84. The van der Waals surface area contributed by atoms with Crippen LogP contribution in [0.15, 0.2) is 29.4 Å². The zero-order valence-electron chi connectivity index (χ0n) is 15.6. The molecule has 0 spiro atoms. The molecule has 1 saturated carbocycles. The fourth-order valence-electron chi connectivity index (χ4n) is 3.10. The number of nitrogens with zero attached hydrogens (tertiary/aromatic N) is 3. The summed E-state index contributed by atoms with van der Waals surface area (Å²) in [5, 5.41) is 19.4. The predicted molar refractivity (Wildman–Crippen MR) is 107 cm³/mol. The molecule has 0 bridgehead atoms. The predicted octanol–water partition coefficient (Wildman–Crippen LogP) is 3.94. The van der Waals surface area contributed by atoms with E-state index >= 15 is 0 Å². The number of hydrogen-bond donors (Lipinski definition) is 2. The Labute approximate surface area is 167 Å². The summed E-state index contributed by atoms with van der Waals surface area (Å²) in [6.45, 7) is 1.78. The first-order chi connectivity index (χ1) is 13.5. The van der Waals surface area contributed by atoms with Gasteiger partial charge < -0.3 is 5.32 Å². The van der Waals surface area contributed by atoms with Crippen LogP contribution in [0, 0.1) is 17.1 Å². The summed E-state index contributed by atoms with van der Waals surface area (Å²) in [5.41, 5.74) is 0.0979. The van der Waals surface area contributed by atoms with Gasteiger partial charge in [0, 0.05) is 0 Å². The van der Waals surface area contributed by atoms with Gasteiger partial charge in [-0.05, 0) is 43.5 Å². The van der Waals surface area contributed by atoms with Crippen molar-refractivity contribution in [2.24, 2.45) is 0 Å². The van der Waals surface area contributed by atoms with Crippen molar-refractivity contribution in [3.63, 3.8) is 0 Å². The van der Waals surface area contributed by atoms with E-state index in [1.54, 1.807) is 31.2 Å². The molecule has 6 nitrogen and oxygen atoms in total. The lowest BCUT2D eigenvalue weighted by atomic mass is 9.83. The maximum atomic E-state index is 12.9. The number of rotatable bonds is 6. The van der Waals surface area contributed by atoms with Gasteiger partial charge in [-0.2, -0.15) is 5.26 Å². The Kier molecular flexibility index (Phi) is 6.47. The van der Waals surface area contributed by atoms with Gasteiger partial charge in [-0.25, -0.2) is 9.37 Å². The lowest BCUT2D eigenvalue weighted by molar-refractivity contribution is -0.121. The molecule has 146 valence electrons. The summed E-state index contributed by atoms with van der Waals surface area (Å²) in [5.74, 6) is 0.0797. The average Bonchev–Trinajstić information content (AvgIpc) is 3.15. The van der Waals surface area contributed by atoms with Crippen LogP contribution in [0.25, 0.3) is 12.2 Å². The molecule has 1 amide bonds. The molecule has 0 radical (unpaired) electrons. The van der Waals surface area contributed by atoms with Crippen molar-refractivity contribution in [3.05, 3.63) is 41.5 Å². The van der Waals surface area contributed by atoms with Crippen LogP contribution in [0.2, 0.25) is 0 Å². The topological polar surface area (TPSA) is 94.5 Å². The smallest absolute Gasteiger partial charge is 0.234 e. The first-order valence-electron chi connectivity index (χ1n) is 9.26. The Morgan fingerprint density at radius 2 is 2.04 bits per heavy atom. The number of H-pyrrole nitrogens is 1. The molecule has 1 heterocycles. The second-order valence-electron chi connectivity index (χ2n) is 6.89. The molecule has 1 aliphatic carbocycles. The zero-order chi connectivity index (χ0) is 20.0. The SMILES string of the molecule is CC(Sc1n[nH]c(/C=C/c2ccc(F)cc2)n1)C(=O)NC1(C#N)CCCCC1. The standard InChI is InChI=1S/C20H22FN5OS/c1-14(18(27)24-20(13-22)11-3-2-4-12-20)28-19-23-17(25-26-19)10-7-15-5-8-16(21)9-6-15/h5-10,14H,2-4,11-12H2,1H3,(H,24,27)(H,23,25,26)/b10-7+. The van der Waals surface area contributed by atoms with Gasteiger partial charge in [0.25, 0.3) is 0 Å². The maximum Gasteiger partial charge on any atom is 0.234 e. The first kappa shape index (κ1) is 20.1. The summed E-state index contributed by atoms with van der Waals surface area (Å²) in [4.78, 5) is 16.9. The number of benzene rings is 1. The fraction of sp³-hybridized carbons (Fsp3) is 0.400. The number of hydrogen-bond acceptors (Lipinski definition) is 5. The van der Waals surface area contributed by atoms with Crippen molar-refractivity contribution < 1.29 is 9.18 Å². The van der Waals surface area contributed by atoms with Crippen LogP contribution < -0.4 is 5.32 Å². The van der Waals surface area contributed by atoms with Gasteiger partial charge in [-0.3, -0.25) is 9.89 Å². The van der Waals surface area contributed by atoms with Crippen LogP contribution in [0.1, 0.15) is 50.4 Å². The quantitative estimate of drug-likeness (QED) is 0.718. The van der Waals surface area contributed by atoms with Gasteiger partial charge in [-0.15, -0.1) is 5.10 Å². The summed E-state index contributed by atoms with van der Waals surface area (Å²) >= 11 is 1.24. The van der Waals surface area contributed by atoms with Crippen LogP contribution in [0.4, 0.5) is 4.39 Å². The Balaban J connectivity index is 1.57. The summed E-state index contributed by atoms with van der Waals surface area (Å²) in [6.07, 6.45) is 7.96. The lowest BCUT2D eigenvalue weighted by Gasteiger charge is -2.32. The minimum absolute atomic E-state index is 0.179. The molecule has 8 heteroatoms. The summed E-state index contributed by atoms with van der Waals surface area (Å²) in [6, 6.07) is 8.41. The van der Waals surface area contributed by atoms with E-state index in [4.69, 9.17) is 0 Å². The number of halogens is 1. The molecule has 2 N–H and O–H groups in total. The molecule has 3 rings (SSSR count). The lowest BCUT2D eigenvalue weighted by Crippen LogP contribution is -2.50. The van der Waals surface area contributed by atoms with E-state index in [1.165, 1.54) is 23.9 Å². The zero-order valence-corrected chi connectivity index (χ0v) is 16.4. The molecular weight excluding hydrogens is 377 g/mol. The molecule has 1 fully saturated rings. The van der Waals surface area contributed by atoms with Crippen molar-refractivity contribution in [1.82, 2.24) is 20.5 Å². The van der Waals surface area contributed by atoms with Crippen molar-refractivity contribution in [1.29, 1.82) is 5.26 Å². The average molecular weight is 399 g/mol. The van der Waals surface area contributed by atoms with Crippen molar-refractivity contribution in [3.8, 4) is 6.07 Å². The third-order valence-electron chi connectivity index (χ3n) is 4.72. The first-order valence-corrected chi connectivity index (χ1v) is 10.1. The van der Waals surface area contributed by atoms with E-state index < -0.39 is 10.8 Å². The Morgan fingerprint density at radius 1 is 1.32 bits per heavy atom. The highest BCUT2D eigenvalue weighted by Gasteiger charge is 2.35. The normalized spacial score (nSPS) is 17.2. The molecule has 28 heavy (non-hydrogen) atoms. The van der Waals surface area contributed by atoms with E-state index in [0.717, 1.165) is 24.8 Å². The highest BCUT2D eigenvalue weighted by atomic mass is 32.2. The minimum atomic E-state index is -0.744. The Hall–Kier alpha value is -2.66. The van der Waals surface area contributed by atoms with Crippen LogP contribution in [0.5, 0.6) is 0 Å². The van der Waals surface area contributed by atoms with Crippen LogP contribution in [-0.2, 0) is 4.79 Å². The van der Waals surface area contributed by atoms with Crippen LogP contribution >= 0.6 is 11.8 Å². The monoisotopic (exact) mass is 399 g/mol. The molecule has 1 aromatic carbocycles. The number of aromatic nitrogens is 3. The van der Waals surface area contributed by atoms with Gasteiger partial charge >= 0.3 is 0 Å². The molecule has 2 aromatic rings. The number of carbonyl (C=O) groups excluding carboxylic acids is 1. The summed E-state index contributed by atoms with van der Waals surface area (Å²) < 4.78 is 12.9. The maximum absolute atomic E-state index is 12.9. The number of nitrogens with one attached hydrogen (secondary N) is 2. The van der Waals surface area contributed by atoms with Gasteiger partial charge in [0.05, 0.1) is 11.3 Å². The number of thioether (sulfide) groups is 1. The third-order valence-corrected chi connectivity index (χ3v) is 5.68. The largest absolute Gasteiger partial charge is 0.337 e. The van der Waals surface area contributed by atoms with Crippen LogP contribution in [0.3, 0.4) is 0 Å². The highest BCUT2D eigenvalue weighted by molar-refractivity contribution is 8.00. The second kappa shape index (κ2) is 9.02. The van der Waals surface area contributed by atoms with E-state index in [1.807, 2.05) is 0 Å². The van der Waals surface area contributed by atoms with Gasteiger partial charge in [0.15, 0.2) is 0 Å². The Morgan fingerprint density at radius 3 is 2.71 bits per heavy atom. The van der Waals surface area contributed by atoms with Crippen molar-refractivity contribution >= 4 is 29.8 Å². The Bertz CT molecular complexity index is 881. The van der Waals surface area contributed by atoms with Crippen LogP contribution in [-0.4, -0.2) is 31.9 Å². The molecule has 1 atom stereocenters. The van der Waals surface area contributed by atoms with E-state index in [9.17, 15) is 14.4 Å². The number of carbonyl (C=O) groups is 1. The van der Waals surface area contributed by atoms with Crippen molar-refractivity contribution in [2.75, 3.05) is 0 Å².